The molecule has 0 nitrogen and oxygen atoms in total. The van der Waals surface area contributed by atoms with Crippen molar-refractivity contribution in [2.45, 2.75) is 83.8 Å². The number of rotatable bonds is 11. The molecule has 0 saturated heterocycles. The fourth-order valence-corrected chi connectivity index (χ4v) is 2.84. The minimum atomic E-state index is 0.884. The third kappa shape index (κ3) is 12.3. The highest BCUT2D eigenvalue weighted by atomic mass is 32.2. The molecule has 0 radical (unpaired) electrons. The summed E-state index contributed by atoms with van der Waals surface area (Å²) in [6.45, 7) is 6.91. The molecule has 0 fully saturated rings. The van der Waals surface area contributed by atoms with Crippen molar-refractivity contribution in [3.05, 3.63) is 0 Å². The van der Waals surface area contributed by atoms with Gasteiger partial charge in [-0.1, -0.05) is 72.1 Å². The van der Waals surface area contributed by atoms with Crippen molar-refractivity contribution in [3.63, 3.8) is 0 Å². The van der Waals surface area contributed by atoms with Gasteiger partial charge in [0.05, 0.1) is 0 Å². The molecule has 0 aliphatic heterocycles. The van der Waals surface area contributed by atoms with Gasteiger partial charge in [0.25, 0.3) is 0 Å². The van der Waals surface area contributed by atoms with Crippen LogP contribution < -0.4 is 0 Å². The number of hydrogen-bond acceptors (Lipinski definition) is 1. The van der Waals surface area contributed by atoms with Crippen molar-refractivity contribution in [2.24, 2.45) is 0 Å². The zero-order valence-electron chi connectivity index (χ0n) is 11.1. The van der Waals surface area contributed by atoms with E-state index in [-0.39, 0.29) is 0 Å². The van der Waals surface area contributed by atoms with E-state index >= 15 is 0 Å². The molecule has 0 aliphatic carbocycles. The Morgan fingerprint density at radius 3 is 1.87 bits per heavy atom. The third-order valence-corrected chi connectivity index (χ3v) is 4.05. The minimum Gasteiger partial charge on any atom is -0.159 e. The molecular weight excluding hydrogens is 200 g/mol. The van der Waals surface area contributed by atoms with Gasteiger partial charge in [-0.15, -0.1) is 0 Å². The molecule has 0 aromatic carbocycles. The van der Waals surface area contributed by atoms with Crippen LogP contribution in [0.2, 0.25) is 0 Å². The second-order valence-electron chi connectivity index (χ2n) is 4.53. The van der Waals surface area contributed by atoms with Crippen LogP contribution in [0.3, 0.4) is 0 Å². The third-order valence-electron chi connectivity index (χ3n) is 2.92. The van der Waals surface area contributed by atoms with Crippen molar-refractivity contribution < 1.29 is 0 Å². The summed E-state index contributed by atoms with van der Waals surface area (Å²) in [5, 5.41) is 0.884. The molecule has 1 heteroatoms. The van der Waals surface area contributed by atoms with Crippen molar-refractivity contribution >= 4 is 11.8 Å². The van der Waals surface area contributed by atoms with Gasteiger partial charge in [0, 0.05) is 5.25 Å². The molecule has 92 valence electrons. The second kappa shape index (κ2) is 12.4. The Morgan fingerprint density at radius 1 is 0.800 bits per heavy atom. The fraction of sp³-hybridized carbons (Fsp3) is 1.00. The van der Waals surface area contributed by atoms with Crippen LogP contribution in [0.15, 0.2) is 0 Å². The first-order chi connectivity index (χ1) is 7.31. The summed E-state index contributed by atoms with van der Waals surface area (Å²) in [7, 11) is 0. The van der Waals surface area contributed by atoms with Crippen LogP contribution in [0.5, 0.6) is 0 Å². The lowest BCUT2D eigenvalue weighted by atomic mass is 10.1. The Kier molecular flexibility index (Phi) is 12.7. The van der Waals surface area contributed by atoms with Gasteiger partial charge in [-0.05, 0) is 12.2 Å². The first-order valence-electron chi connectivity index (χ1n) is 6.92. The molecule has 1 atom stereocenters. The highest BCUT2D eigenvalue weighted by Crippen LogP contribution is 2.17. The topological polar surface area (TPSA) is 0 Å². The van der Waals surface area contributed by atoms with Gasteiger partial charge in [-0.2, -0.15) is 11.8 Å². The molecule has 0 aromatic rings. The van der Waals surface area contributed by atoms with Crippen LogP contribution in [0.1, 0.15) is 78.6 Å². The molecule has 0 aromatic heterocycles. The van der Waals surface area contributed by atoms with Gasteiger partial charge in [0.2, 0.25) is 0 Å². The van der Waals surface area contributed by atoms with E-state index in [1.54, 1.807) is 0 Å². The van der Waals surface area contributed by atoms with Gasteiger partial charge in [-0.25, -0.2) is 0 Å². The zero-order chi connectivity index (χ0) is 11.4. The van der Waals surface area contributed by atoms with Crippen molar-refractivity contribution in [3.8, 4) is 0 Å². The SMILES string of the molecule is CCCCCCCCCCC(C)SCC. The Morgan fingerprint density at radius 2 is 1.33 bits per heavy atom. The Balaban J connectivity index is 2.98. The molecule has 0 amide bonds. The summed E-state index contributed by atoms with van der Waals surface area (Å²) in [6.07, 6.45) is 13.0. The monoisotopic (exact) mass is 230 g/mol. The van der Waals surface area contributed by atoms with Crippen molar-refractivity contribution in [1.29, 1.82) is 0 Å². The van der Waals surface area contributed by atoms with Crippen LogP contribution in [-0.4, -0.2) is 11.0 Å². The summed E-state index contributed by atoms with van der Waals surface area (Å²) in [4.78, 5) is 0. The normalized spacial score (nSPS) is 13.0. The minimum absolute atomic E-state index is 0.884. The van der Waals surface area contributed by atoms with E-state index < -0.39 is 0 Å². The molecule has 0 bridgehead atoms. The lowest BCUT2D eigenvalue weighted by Gasteiger charge is -2.08. The highest BCUT2D eigenvalue weighted by molar-refractivity contribution is 7.99. The lowest BCUT2D eigenvalue weighted by molar-refractivity contribution is 0.564. The summed E-state index contributed by atoms with van der Waals surface area (Å²) in [5.41, 5.74) is 0. The van der Waals surface area contributed by atoms with E-state index in [4.69, 9.17) is 0 Å². The Bertz CT molecular complexity index is 112. The van der Waals surface area contributed by atoms with Crippen LogP contribution in [0.25, 0.3) is 0 Å². The first kappa shape index (κ1) is 15.3. The average Bonchev–Trinajstić information content (AvgIpc) is 2.22. The number of unbranched alkanes of at least 4 members (excludes halogenated alkanes) is 7. The predicted molar refractivity (Wildman–Crippen MR) is 74.8 cm³/mol. The van der Waals surface area contributed by atoms with Crippen LogP contribution in [-0.2, 0) is 0 Å². The summed E-state index contributed by atoms with van der Waals surface area (Å²) >= 11 is 2.11. The van der Waals surface area contributed by atoms with Crippen molar-refractivity contribution in [1.82, 2.24) is 0 Å². The van der Waals surface area contributed by atoms with Gasteiger partial charge >= 0.3 is 0 Å². The van der Waals surface area contributed by atoms with Crippen LogP contribution in [0, 0.1) is 0 Å². The predicted octanol–water partition coefficient (Wildman–Crippen LogP) is 5.66. The molecule has 0 heterocycles. The van der Waals surface area contributed by atoms with Gasteiger partial charge in [0.15, 0.2) is 0 Å². The van der Waals surface area contributed by atoms with Gasteiger partial charge in [-0.3, -0.25) is 0 Å². The molecule has 0 saturated carbocycles. The molecular formula is C14H30S. The standard InChI is InChI=1S/C14H30S/c1-4-6-7-8-9-10-11-12-13-14(3)15-5-2/h14H,4-13H2,1-3H3. The summed E-state index contributed by atoms with van der Waals surface area (Å²) in [5.74, 6) is 1.28. The van der Waals surface area contributed by atoms with E-state index in [9.17, 15) is 0 Å². The largest absolute Gasteiger partial charge is 0.159 e. The van der Waals surface area contributed by atoms with E-state index in [1.807, 2.05) is 0 Å². The van der Waals surface area contributed by atoms with E-state index in [0.717, 1.165) is 5.25 Å². The molecule has 15 heavy (non-hydrogen) atoms. The first-order valence-corrected chi connectivity index (χ1v) is 7.97. The van der Waals surface area contributed by atoms with E-state index in [0.29, 0.717) is 0 Å². The number of thioether (sulfide) groups is 1. The maximum Gasteiger partial charge on any atom is 0.00186 e. The molecule has 0 N–H and O–H groups in total. The maximum absolute atomic E-state index is 2.37. The average molecular weight is 230 g/mol. The second-order valence-corrected chi connectivity index (χ2v) is 6.24. The zero-order valence-corrected chi connectivity index (χ0v) is 11.9. The van der Waals surface area contributed by atoms with E-state index in [2.05, 4.69) is 32.5 Å². The lowest BCUT2D eigenvalue weighted by Crippen LogP contribution is -1.96. The number of hydrogen-bond donors (Lipinski definition) is 0. The molecule has 0 rings (SSSR count). The van der Waals surface area contributed by atoms with Crippen molar-refractivity contribution in [2.75, 3.05) is 5.75 Å². The van der Waals surface area contributed by atoms with Crippen LogP contribution in [0.4, 0.5) is 0 Å². The molecule has 1 unspecified atom stereocenters. The molecule has 0 aliphatic rings. The summed E-state index contributed by atoms with van der Waals surface area (Å²) < 4.78 is 0. The molecule has 0 spiro atoms. The van der Waals surface area contributed by atoms with Gasteiger partial charge < -0.3 is 0 Å². The maximum atomic E-state index is 2.37. The summed E-state index contributed by atoms with van der Waals surface area (Å²) in [6, 6.07) is 0. The fourth-order valence-electron chi connectivity index (χ4n) is 1.93. The smallest absolute Gasteiger partial charge is 0.00186 e. The Labute approximate surface area is 102 Å². The van der Waals surface area contributed by atoms with Gasteiger partial charge in [0.1, 0.15) is 0 Å². The van der Waals surface area contributed by atoms with E-state index in [1.165, 1.54) is 63.5 Å². The Hall–Kier alpha value is 0.350. The quantitative estimate of drug-likeness (QED) is 0.413. The highest BCUT2D eigenvalue weighted by Gasteiger charge is 2.00. The van der Waals surface area contributed by atoms with Crippen LogP contribution >= 0.6 is 11.8 Å².